The second kappa shape index (κ2) is 7.13. The molecule has 20 heavy (non-hydrogen) atoms. The number of imidazole rings is 1. The summed E-state index contributed by atoms with van der Waals surface area (Å²) in [7, 11) is 1.70. The maximum atomic E-state index is 12.1. The van der Waals surface area contributed by atoms with Crippen LogP contribution in [0.3, 0.4) is 0 Å². The van der Waals surface area contributed by atoms with Crippen LogP contribution in [0.25, 0.3) is 0 Å². The van der Waals surface area contributed by atoms with Gasteiger partial charge < -0.3 is 14.2 Å². The molecule has 0 unspecified atom stereocenters. The molecule has 0 N–H and O–H groups in total. The van der Waals surface area contributed by atoms with E-state index >= 15 is 0 Å². The maximum Gasteiger partial charge on any atom is 0.233 e. The van der Waals surface area contributed by atoms with Crippen molar-refractivity contribution in [1.82, 2.24) is 14.5 Å². The molecular weight excluding hydrogens is 274 g/mol. The Bertz CT molecular complexity index is 467. The van der Waals surface area contributed by atoms with E-state index in [9.17, 15) is 4.79 Å². The number of aromatic nitrogens is 2. The Morgan fingerprint density at radius 1 is 1.35 bits per heavy atom. The topological polar surface area (TPSA) is 47.4 Å². The molecule has 5 nitrogen and oxygen atoms in total. The summed E-state index contributed by atoms with van der Waals surface area (Å²) in [6.07, 6.45) is 2.27. The number of nitrogens with zero attached hydrogens (tertiary/aromatic N) is 3. The zero-order valence-corrected chi connectivity index (χ0v) is 13.3. The SMILES string of the molecule is COCCn1c(SCC(=O)N2CCCC2)nc(C)c1C. The first kappa shape index (κ1) is 15.4. The molecule has 1 aliphatic heterocycles. The summed E-state index contributed by atoms with van der Waals surface area (Å²) in [5.41, 5.74) is 2.18. The van der Waals surface area contributed by atoms with Gasteiger partial charge >= 0.3 is 0 Å². The van der Waals surface area contributed by atoms with E-state index in [-0.39, 0.29) is 5.91 Å². The lowest BCUT2D eigenvalue weighted by molar-refractivity contribution is -0.127. The van der Waals surface area contributed by atoms with Gasteiger partial charge in [-0.1, -0.05) is 11.8 Å². The summed E-state index contributed by atoms with van der Waals surface area (Å²) in [5.74, 6) is 0.701. The highest BCUT2D eigenvalue weighted by molar-refractivity contribution is 7.99. The van der Waals surface area contributed by atoms with E-state index in [0.29, 0.717) is 12.4 Å². The van der Waals surface area contributed by atoms with Crippen LogP contribution in [-0.2, 0) is 16.1 Å². The van der Waals surface area contributed by atoms with Gasteiger partial charge in [0, 0.05) is 32.4 Å². The predicted molar refractivity (Wildman–Crippen MR) is 80.1 cm³/mol. The van der Waals surface area contributed by atoms with Crippen LogP contribution in [0.15, 0.2) is 5.16 Å². The van der Waals surface area contributed by atoms with Crippen molar-refractivity contribution in [3.63, 3.8) is 0 Å². The Labute approximate surface area is 124 Å². The van der Waals surface area contributed by atoms with Crippen LogP contribution >= 0.6 is 11.8 Å². The first-order valence-corrected chi connectivity index (χ1v) is 8.05. The van der Waals surface area contributed by atoms with Gasteiger partial charge in [-0.05, 0) is 26.7 Å². The second-order valence-electron chi connectivity index (χ2n) is 5.09. The van der Waals surface area contributed by atoms with E-state index < -0.39 is 0 Å². The van der Waals surface area contributed by atoms with Crippen LogP contribution in [0.5, 0.6) is 0 Å². The quantitative estimate of drug-likeness (QED) is 0.752. The molecule has 0 spiro atoms. The monoisotopic (exact) mass is 297 g/mol. The second-order valence-corrected chi connectivity index (χ2v) is 6.03. The fourth-order valence-corrected chi connectivity index (χ4v) is 3.38. The highest BCUT2D eigenvalue weighted by atomic mass is 32.2. The van der Waals surface area contributed by atoms with Crippen molar-refractivity contribution in [1.29, 1.82) is 0 Å². The number of amides is 1. The van der Waals surface area contributed by atoms with Crippen LogP contribution in [0.2, 0.25) is 0 Å². The Morgan fingerprint density at radius 2 is 2.05 bits per heavy atom. The highest BCUT2D eigenvalue weighted by Crippen LogP contribution is 2.22. The molecule has 0 aliphatic carbocycles. The summed E-state index contributed by atoms with van der Waals surface area (Å²) in [6, 6.07) is 0. The van der Waals surface area contributed by atoms with E-state index in [4.69, 9.17) is 4.74 Å². The Balaban J connectivity index is 1.97. The number of carbonyl (C=O) groups excluding carboxylic acids is 1. The first-order valence-electron chi connectivity index (χ1n) is 7.06. The van der Waals surface area contributed by atoms with E-state index in [2.05, 4.69) is 16.5 Å². The fourth-order valence-electron chi connectivity index (χ4n) is 2.36. The number of ether oxygens (including phenoxy) is 1. The molecule has 0 aromatic carbocycles. The lowest BCUT2D eigenvalue weighted by Gasteiger charge is -2.15. The Morgan fingerprint density at radius 3 is 2.70 bits per heavy atom. The zero-order valence-electron chi connectivity index (χ0n) is 12.5. The van der Waals surface area contributed by atoms with Crippen molar-refractivity contribution in [3.8, 4) is 0 Å². The average molecular weight is 297 g/mol. The van der Waals surface area contributed by atoms with Crippen molar-refractivity contribution < 1.29 is 9.53 Å². The summed E-state index contributed by atoms with van der Waals surface area (Å²) >= 11 is 1.53. The summed E-state index contributed by atoms with van der Waals surface area (Å²) in [5, 5.41) is 0.921. The number of thioether (sulfide) groups is 1. The van der Waals surface area contributed by atoms with Crippen LogP contribution in [0.1, 0.15) is 24.2 Å². The Hall–Kier alpha value is -1.01. The predicted octanol–water partition coefficient (Wildman–Crippen LogP) is 1.86. The minimum absolute atomic E-state index is 0.226. The van der Waals surface area contributed by atoms with Gasteiger partial charge in [-0.3, -0.25) is 4.79 Å². The van der Waals surface area contributed by atoms with E-state index in [1.807, 2.05) is 11.8 Å². The molecule has 1 aromatic rings. The minimum atomic E-state index is 0.226. The molecule has 1 aliphatic rings. The molecule has 112 valence electrons. The number of aryl methyl sites for hydroxylation is 1. The summed E-state index contributed by atoms with van der Waals surface area (Å²) in [4.78, 5) is 18.6. The molecule has 1 saturated heterocycles. The van der Waals surface area contributed by atoms with Crippen molar-refractivity contribution in [2.24, 2.45) is 0 Å². The van der Waals surface area contributed by atoms with Gasteiger partial charge in [0.25, 0.3) is 0 Å². The molecule has 2 rings (SSSR count). The summed E-state index contributed by atoms with van der Waals surface area (Å²) < 4.78 is 7.28. The van der Waals surface area contributed by atoms with Crippen LogP contribution < -0.4 is 0 Å². The van der Waals surface area contributed by atoms with E-state index in [1.165, 1.54) is 11.8 Å². The lowest BCUT2D eigenvalue weighted by Crippen LogP contribution is -2.29. The van der Waals surface area contributed by atoms with Crippen LogP contribution in [0, 0.1) is 13.8 Å². The third kappa shape index (κ3) is 3.55. The molecule has 0 radical (unpaired) electrons. The normalized spacial score (nSPS) is 15.1. The molecule has 6 heteroatoms. The number of methoxy groups -OCH3 is 1. The number of carbonyl (C=O) groups is 1. The molecule has 1 fully saturated rings. The summed E-state index contributed by atoms with van der Waals surface area (Å²) in [6.45, 7) is 7.33. The standard InChI is InChI=1S/C14H23N3O2S/c1-11-12(2)17(8-9-19-3)14(15-11)20-10-13(18)16-6-4-5-7-16/h4-10H2,1-3H3. The van der Waals surface area contributed by atoms with Crippen molar-refractivity contribution in [2.45, 2.75) is 38.4 Å². The molecule has 1 amide bonds. The van der Waals surface area contributed by atoms with Crippen molar-refractivity contribution >= 4 is 17.7 Å². The van der Waals surface area contributed by atoms with Crippen molar-refractivity contribution in [2.75, 3.05) is 32.6 Å². The molecule has 0 bridgehead atoms. The Kier molecular flexibility index (Phi) is 5.48. The largest absolute Gasteiger partial charge is 0.383 e. The first-order chi connectivity index (χ1) is 9.63. The van der Waals surface area contributed by atoms with Gasteiger partial charge in [-0.2, -0.15) is 0 Å². The number of hydrogen-bond donors (Lipinski definition) is 0. The maximum absolute atomic E-state index is 12.1. The number of hydrogen-bond acceptors (Lipinski definition) is 4. The molecule has 0 atom stereocenters. The lowest BCUT2D eigenvalue weighted by atomic mass is 10.4. The third-order valence-corrected chi connectivity index (χ3v) is 4.69. The van der Waals surface area contributed by atoms with Crippen LogP contribution in [0.4, 0.5) is 0 Å². The zero-order chi connectivity index (χ0) is 14.5. The average Bonchev–Trinajstić information content (AvgIpc) is 3.05. The highest BCUT2D eigenvalue weighted by Gasteiger charge is 2.19. The van der Waals surface area contributed by atoms with Gasteiger partial charge in [0.1, 0.15) is 0 Å². The van der Waals surface area contributed by atoms with Gasteiger partial charge in [-0.15, -0.1) is 0 Å². The van der Waals surface area contributed by atoms with Gasteiger partial charge in [-0.25, -0.2) is 4.98 Å². The molecule has 2 heterocycles. The van der Waals surface area contributed by atoms with E-state index in [0.717, 1.165) is 49.0 Å². The molecular formula is C14H23N3O2S. The minimum Gasteiger partial charge on any atom is -0.383 e. The van der Waals surface area contributed by atoms with Gasteiger partial charge in [0.05, 0.1) is 18.1 Å². The number of rotatable bonds is 6. The van der Waals surface area contributed by atoms with Gasteiger partial charge in [0.15, 0.2) is 5.16 Å². The van der Waals surface area contributed by atoms with Crippen molar-refractivity contribution in [3.05, 3.63) is 11.4 Å². The fraction of sp³-hybridized carbons (Fsp3) is 0.714. The van der Waals surface area contributed by atoms with E-state index in [1.54, 1.807) is 7.11 Å². The molecule has 0 saturated carbocycles. The third-order valence-electron chi connectivity index (χ3n) is 3.73. The smallest absolute Gasteiger partial charge is 0.233 e. The van der Waals surface area contributed by atoms with Gasteiger partial charge in [0.2, 0.25) is 5.91 Å². The number of likely N-dealkylation sites (tertiary alicyclic amines) is 1. The molecule has 1 aromatic heterocycles. The van der Waals surface area contributed by atoms with Crippen LogP contribution in [-0.4, -0.2) is 52.9 Å².